The number of aryl methyl sites for hydroxylation is 2. The van der Waals surface area contributed by atoms with Gasteiger partial charge >= 0.3 is 5.97 Å². The minimum Gasteiger partial charge on any atom is -0.467 e. The second kappa shape index (κ2) is 6.39. The molecular weight excluding hydrogens is 269 g/mol. The third-order valence-corrected chi connectivity index (χ3v) is 3.33. The third kappa shape index (κ3) is 3.60. The van der Waals surface area contributed by atoms with E-state index in [0.29, 0.717) is 11.1 Å². The van der Waals surface area contributed by atoms with E-state index in [1.807, 2.05) is 31.2 Å². The van der Waals surface area contributed by atoms with Crippen molar-refractivity contribution < 1.29 is 13.9 Å². The maximum atomic E-state index is 13.7. The average Bonchev–Trinajstić information content (AvgIpc) is 2.49. The number of rotatable bonds is 4. The molecule has 0 radical (unpaired) electrons. The van der Waals surface area contributed by atoms with Crippen LogP contribution in [0, 0.1) is 19.7 Å². The standard InChI is InChI=1S/C17H18FNO2/c1-11-4-8-14(9-5-11)19-16(17(20)21-3)13-7-6-12(2)15(18)10-13/h4-10,16,19H,1-3H3. The number of hydrogen-bond acceptors (Lipinski definition) is 3. The maximum absolute atomic E-state index is 13.7. The number of anilines is 1. The smallest absolute Gasteiger partial charge is 0.332 e. The first kappa shape index (κ1) is 15.0. The van der Waals surface area contributed by atoms with Crippen LogP contribution in [0.1, 0.15) is 22.7 Å². The van der Waals surface area contributed by atoms with Crippen LogP contribution in [0.25, 0.3) is 0 Å². The van der Waals surface area contributed by atoms with Gasteiger partial charge in [0.15, 0.2) is 6.04 Å². The lowest BCUT2D eigenvalue weighted by Crippen LogP contribution is -2.22. The number of carbonyl (C=O) groups excluding carboxylic acids is 1. The van der Waals surface area contributed by atoms with Gasteiger partial charge in [0.25, 0.3) is 0 Å². The number of methoxy groups -OCH3 is 1. The second-order valence-corrected chi connectivity index (χ2v) is 4.98. The molecular formula is C17H18FNO2. The van der Waals surface area contributed by atoms with Gasteiger partial charge in [-0.05, 0) is 43.2 Å². The molecule has 4 heteroatoms. The van der Waals surface area contributed by atoms with Crippen molar-refractivity contribution in [1.82, 2.24) is 0 Å². The predicted octanol–water partition coefficient (Wildman–Crippen LogP) is 3.77. The molecule has 0 aliphatic rings. The summed E-state index contributed by atoms with van der Waals surface area (Å²) in [5.41, 5.74) is 2.97. The summed E-state index contributed by atoms with van der Waals surface area (Å²) in [7, 11) is 1.32. The molecule has 0 saturated heterocycles. The van der Waals surface area contributed by atoms with E-state index in [-0.39, 0.29) is 5.82 Å². The van der Waals surface area contributed by atoms with E-state index in [9.17, 15) is 9.18 Å². The molecule has 0 saturated carbocycles. The molecule has 2 aromatic rings. The molecule has 0 spiro atoms. The first-order valence-electron chi connectivity index (χ1n) is 6.68. The van der Waals surface area contributed by atoms with Crippen molar-refractivity contribution >= 4 is 11.7 Å². The van der Waals surface area contributed by atoms with Gasteiger partial charge in [0.05, 0.1) is 7.11 Å². The monoisotopic (exact) mass is 287 g/mol. The fraction of sp³-hybridized carbons (Fsp3) is 0.235. The van der Waals surface area contributed by atoms with Crippen LogP contribution >= 0.6 is 0 Å². The first-order valence-corrected chi connectivity index (χ1v) is 6.68. The second-order valence-electron chi connectivity index (χ2n) is 4.98. The molecule has 0 heterocycles. The quantitative estimate of drug-likeness (QED) is 0.870. The number of esters is 1. The van der Waals surface area contributed by atoms with Crippen molar-refractivity contribution in [3.63, 3.8) is 0 Å². The first-order chi connectivity index (χ1) is 10.0. The average molecular weight is 287 g/mol. The van der Waals surface area contributed by atoms with Gasteiger partial charge in [-0.2, -0.15) is 0 Å². The Morgan fingerprint density at radius 1 is 1.14 bits per heavy atom. The SMILES string of the molecule is COC(=O)C(Nc1ccc(C)cc1)c1ccc(C)c(F)c1. The molecule has 110 valence electrons. The molecule has 21 heavy (non-hydrogen) atoms. The van der Waals surface area contributed by atoms with E-state index in [2.05, 4.69) is 5.32 Å². The normalized spacial score (nSPS) is 11.8. The number of carbonyl (C=O) groups is 1. The molecule has 3 nitrogen and oxygen atoms in total. The summed E-state index contributed by atoms with van der Waals surface area (Å²) >= 11 is 0. The summed E-state index contributed by atoms with van der Waals surface area (Å²) in [4.78, 5) is 12.0. The van der Waals surface area contributed by atoms with Gasteiger partial charge < -0.3 is 10.1 Å². The van der Waals surface area contributed by atoms with Crippen LogP contribution in [0.4, 0.5) is 10.1 Å². The lowest BCUT2D eigenvalue weighted by molar-refractivity contribution is -0.141. The molecule has 1 unspecified atom stereocenters. The lowest BCUT2D eigenvalue weighted by atomic mass is 10.0. The molecule has 1 atom stereocenters. The Bertz CT molecular complexity index is 638. The van der Waals surface area contributed by atoms with Crippen LogP contribution in [0.5, 0.6) is 0 Å². The highest BCUT2D eigenvalue weighted by molar-refractivity contribution is 5.81. The van der Waals surface area contributed by atoms with Gasteiger partial charge in [-0.3, -0.25) is 0 Å². The summed E-state index contributed by atoms with van der Waals surface area (Å²) in [5, 5.41) is 3.08. The van der Waals surface area contributed by atoms with Gasteiger partial charge in [0, 0.05) is 5.69 Å². The molecule has 0 fully saturated rings. The zero-order valence-corrected chi connectivity index (χ0v) is 12.3. The van der Waals surface area contributed by atoms with Gasteiger partial charge in [-0.25, -0.2) is 9.18 Å². The van der Waals surface area contributed by atoms with E-state index >= 15 is 0 Å². The highest BCUT2D eigenvalue weighted by Gasteiger charge is 2.22. The van der Waals surface area contributed by atoms with Gasteiger partial charge in [-0.15, -0.1) is 0 Å². The number of halogens is 1. The zero-order chi connectivity index (χ0) is 15.4. The van der Waals surface area contributed by atoms with Crippen molar-refractivity contribution in [2.75, 3.05) is 12.4 Å². The molecule has 0 aliphatic carbocycles. The topological polar surface area (TPSA) is 38.3 Å². The molecule has 2 rings (SSSR count). The van der Waals surface area contributed by atoms with E-state index in [1.165, 1.54) is 13.2 Å². The van der Waals surface area contributed by atoms with E-state index in [1.54, 1.807) is 19.1 Å². The molecule has 2 aromatic carbocycles. The fourth-order valence-electron chi connectivity index (χ4n) is 2.00. The minimum absolute atomic E-state index is 0.341. The third-order valence-electron chi connectivity index (χ3n) is 3.33. The Morgan fingerprint density at radius 3 is 2.38 bits per heavy atom. The molecule has 0 aliphatic heterocycles. The van der Waals surface area contributed by atoms with Crippen LogP contribution in [0.2, 0.25) is 0 Å². The van der Waals surface area contributed by atoms with Crippen LogP contribution in [-0.2, 0) is 9.53 Å². The summed E-state index contributed by atoms with van der Waals surface area (Å²) in [6.45, 7) is 3.66. The fourth-order valence-corrected chi connectivity index (χ4v) is 2.00. The van der Waals surface area contributed by atoms with E-state index in [0.717, 1.165) is 11.3 Å². The number of nitrogens with one attached hydrogen (secondary N) is 1. The molecule has 0 bridgehead atoms. The number of ether oxygens (including phenoxy) is 1. The van der Waals surface area contributed by atoms with Crippen molar-refractivity contribution in [1.29, 1.82) is 0 Å². The van der Waals surface area contributed by atoms with Crippen LogP contribution in [0.3, 0.4) is 0 Å². The largest absolute Gasteiger partial charge is 0.467 e. The van der Waals surface area contributed by atoms with Gasteiger partial charge in [-0.1, -0.05) is 29.8 Å². The van der Waals surface area contributed by atoms with Gasteiger partial charge in [0.2, 0.25) is 0 Å². The summed E-state index contributed by atoms with van der Waals surface area (Å²) < 4.78 is 18.5. The Balaban J connectivity index is 2.31. The lowest BCUT2D eigenvalue weighted by Gasteiger charge is -2.18. The summed E-state index contributed by atoms with van der Waals surface area (Å²) in [6, 6.07) is 11.6. The number of hydrogen-bond donors (Lipinski definition) is 1. The molecule has 0 amide bonds. The highest BCUT2D eigenvalue weighted by Crippen LogP contribution is 2.23. The van der Waals surface area contributed by atoms with Crippen molar-refractivity contribution in [2.24, 2.45) is 0 Å². The predicted molar refractivity (Wildman–Crippen MR) is 80.7 cm³/mol. The van der Waals surface area contributed by atoms with Gasteiger partial charge in [0.1, 0.15) is 5.82 Å². The van der Waals surface area contributed by atoms with Crippen molar-refractivity contribution in [3.8, 4) is 0 Å². The Hall–Kier alpha value is -2.36. The summed E-state index contributed by atoms with van der Waals surface area (Å²) in [5.74, 6) is -0.800. The van der Waals surface area contributed by atoms with Crippen LogP contribution < -0.4 is 5.32 Å². The Morgan fingerprint density at radius 2 is 1.81 bits per heavy atom. The maximum Gasteiger partial charge on any atom is 0.332 e. The molecule has 1 N–H and O–H groups in total. The molecule has 0 aromatic heterocycles. The zero-order valence-electron chi connectivity index (χ0n) is 12.3. The highest BCUT2D eigenvalue weighted by atomic mass is 19.1. The van der Waals surface area contributed by atoms with Crippen molar-refractivity contribution in [3.05, 3.63) is 65.0 Å². The summed E-state index contributed by atoms with van der Waals surface area (Å²) in [6.07, 6.45) is 0. The Kier molecular flexibility index (Phi) is 4.58. The Labute approximate surface area is 123 Å². The number of benzene rings is 2. The van der Waals surface area contributed by atoms with Crippen molar-refractivity contribution in [2.45, 2.75) is 19.9 Å². The minimum atomic E-state index is -0.743. The van der Waals surface area contributed by atoms with Crippen LogP contribution in [-0.4, -0.2) is 13.1 Å². The van der Waals surface area contributed by atoms with E-state index in [4.69, 9.17) is 4.74 Å². The van der Waals surface area contributed by atoms with E-state index < -0.39 is 12.0 Å². The van der Waals surface area contributed by atoms with Crippen LogP contribution in [0.15, 0.2) is 42.5 Å².